The van der Waals surface area contributed by atoms with Crippen LogP contribution in [0.15, 0.2) is 30.3 Å². The zero-order chi connectivity index (χ0) is 14.7. The minimum atomic E-state index is -0.789. The van der Waals surface area contributed by atoms with Crippen LogP contribution in [0.25, 0.3) is 0 Å². The van der Waals surface area contributed by atoms with E-state index in [-0.39, 0.29) is 5.78 Å². The van der Waals surface area contributed by atoms with Crippen molar-refractivity contribution in [2.45, 2.75) is 19.8 Å². The van der Waals surface area contributed by atoms with Crippen LogP contribution in [-0.2, 0) is 0 Å². The van der Waals surface area contributed by atoms with Gasteiger partial charge in [0.25, 0.3) is 0 Å². The molecule has 0 aliphatic heterocycles. The third kappa shape index (κ3) is 2.73. The number of methoxy groups -OCH3 is 1. The molecule has 0 radical (unpaired) electrons. The van der Waals surface area contributed by atoms with Gasteiger partial charge >= 0.3 is 0 Å². The highest BCUT2D eigenvalue weighted by molar-refractivity contribution is 7.14. The molecule has 0 amide bonds. The van der Waals surface area contributed by atoms with Crippen molar-refractivity contribution in [2.75, 3.05) is 7.11 Å². The second-order valence-electron chi connectivity index (χ2n) is 4.55. The van der Waals surface area contributed by atoms with Gasteiger partial charge in [-0.05, 0) is 43.2 Å². The maximum Gasteiger partial charge on any atom is 0.194 e. The molecule has 1 atom stereocenters. The fourth-order valence-corrected chi connectivity index (χ4v) is 2.95. The maximum atomic E-state index is 12.5. The molecule has 0 N–H and O–H groups in total. The number of benzene rings is 1. The first kappa shape index (κ1) is 14.3. The molecule has 0 saturated carbocycles. The molecule has 0 aliphatic rings. The summed E-state index contributed by atoms with van der Waals surface area (Å²) in [6, 6.07) is 11.0. The van der Waals surface area contributed by atoms with Crippen molar-refractivity contribution < 1.29 is 9.53 Å². The Bertz CT molecular complexity index is 663. The van der Waals surface area contributed by atoms with Gasteiger partial charge in [-0.1, -0.05) is 12.1 Å². The number of thiophene rings is 1. The van der Waals surface area contributed by atoms with E-state index in [1.165, 1.54) is 11.3 Å². The number of nitriles is 1. The van der Waals surface area contributed by atoms with Gasteiger partial charge in [-0.2, -0.15) is 5.26 Å². The van der Waals surface area contributed by atoms with Crippen LogP contribution in [0.2, 0.25) is 0 Å². The molecule has 102 valence electrons. The van der Waals surface area contributed by atoms with E-state index in [4.69, 9.17) is 4.74 Å². The summed E-state index contributed by atoms with van der Waals surface area (Å²) in [5, 5.41) is 9.34. The average molecular weight is 285 g/mol. The molecular formula is C16H15NO2S. The third-order valence-corrected chi connectivity index (χ3v) is 4.39. The zero-order valence-electron chi connectivity index (χ0n) is 11.6. The number of hydrogen-bond donors (Lipinski definition) is 0. The fraction of sp³-hybridized carbons (Fsp3) is 0.250. The monoisotopic (exact) mass is 285 g/mol. The highest BCUT2D eigenvalue weighted by Crippen LogP contribution is 2.28. The summed E-state index contributed by atoms with van der Waals surface area (Å²) >= 11 is 1.44. The predicted molar refractivity (Wildman–Crippen MR) is 79.5 cm³/mol. The summed E-state index contributed by atoms with van der Waals surface area (Å²) in [7, 11) is 1.56. The van der Waals surface area contributed by atoms with Crippen LogP contribution >= 0.6 is 11.3 Å². The third-order valence-electron chi connectivity index (χ3n) is 3.23. The van der Waals surface area contributed by atoms with Crippen LogP contribution in [-0.4, -0.2) is 12.9 Å². The first-order chi connectivity index (χ1) is 9.56. The SMILES string of the molecule is COc1cccc(C(C#N)C(=O)c2cc(C)c(C)s2)c1. The zero-order valence-corrected chi connectivity index (χ0v) is 12.5. The van der Waals surface area contributed by atoms with E-state index >= 15 is 0 Å². The van der Waals surface area contributed by atoms with Crippen molar-refractivity contribution in [1.29, 1.82) is 5.26 Å². The molecule has 20 heavy (non-hydrogen) atoms. The molecule has 1 aromatic heterocycles. The van der Waals surface area contributed by atoms with Crippen molar-refractivity contribution in [3.8, 4) is 11.8 Å². The van der Waals surface area contributed by atoms with Crippen LogP contribution in [0.4, 0.5) is 0 Å². The van der Waals surface area contributed by atoms with Crippen LogP contribution in [0, 0.1) is 25.2 Å². The summed E-state index contributed by atoms with van der Waals surface area (Å²) in [4.78, 5) is 14.2. The summed E-state index contributed by atoms with van der Waals surface area (Å²) in [5.74, 6) is -0.293. The quantitative estimate of drug-likeness (QED) is 0.801. The molecule has 0 saturated heterocycles. The Morgan fingerprint density at radius 1 is 1.35 bits per heavy atom. The largest absolute Gasteiger partial charge is 0.497 e. The Morgan fingerprint density at radius 2 is 2.10 bits per heavy atom. The molecule has 0 aliphatic carbocycles. The van der Waals surface area contributed by atoms with Crippen LogP contribution in [0.1, 0.15) is 31.6 Å². The number of carbonyl (C=O) groups excluding carboxylic acids is 1. The number of ether oxygens (including phenoxy) is 1. The second kappa shape index (κ2) is 5.89. The highest BCUT2D eigenvalue weighted by Gasteiger charge is 2.24. The molecule has 0 fully saturated rings. The average Bonchev–Trinajstić information content (AvgIpc) is 2.79. The molecule has 0 bridgehead atoms. The lowest BCUT2D eigenvalue weighted by Crippen LogP contribution is -2.09. The standard InChI is InChI=1S/C16H15NO2S/c1-10-7-15(20-11(10)2)16(18)14(9-17)12-5-4-6-13(8-12)19-3/h4-8,14H,1-3H3. The molecule has 2 rings (SSSR count). The van der Waals surface area contributed by atoms with Crippen molar-refractivity contribution in [1.82, 2.24) is 0 Å². The second-order valence-corrected chi connectivity index (χ2v) is 5.81. The Hall–Kier alpha value is -2.12. The number of Topliss-reactive ketones (excluding diaryl/α,β-unsaturated/α-hetero) is 1. The number of nitrogens with zero attached hydrogens (tertiary/aromatic N) is 1. The Labute approximate surface area is 122 Å². The number of aryl methyl sites for hydroxylation is 2. The summed E-state index contributed by atoms with van der Waals surface area (Å²) in [5.41, 5.74) is 1.75. The van der Waals surface area contributed by atoms with Gasteiger partial charge in [-0.25, -0.2) is 0 Å². The lowest BCUT2D eigenvalue weighted by Gasteiger charge is -2.08. The van der Waals surface area contributed by atoms with Crippen LogP contribution < -0.4 is 4.74 Å². The van der Waals surface area contributed by atoms with Gasteiger partial charge in [0.2, 0.25) is 0 Å². The lowest BCUT2D eigenvalue weighted by molar-refractivity contribution is 0.0982. The van der Waals surface area contributed by atoms with E-state index < -0.39 is 5.92 Å². The van der Waals surface area contributed by atoms with Gasteiger partial charge in [-0.15, -0.1) is 11.3 Å². The minimum absolute atomic E-state index is 0.151. The molecule has 2 aromatic rings. The van der Waals surface area contributed by atoms with Crippen LogP contribution in [0.3, 0.4) is 0 Å². The van der Waals surface area contributed by atoms with Crippen molar-refractivity contribution in [2.24, 2.45) is 0 Å². The Kier molecular flexibility index (Phi) is 4.21. The maximum absolute atomic E-state index is 12.5. The molecule has 4 heteroatoms. The molecule has 1 aromatic carbocycles. The molecule has 1 heterocycles. The van der Waals surface area contributed by atoms with Gasteiger partial charge in [0.05, 0.1) is 18.1 Å². The van der Waals surface area contributed by atoms with Crippen molar-refractivity contribution in [3.63, 3.8) is 0 Å². The van der Waals surface area contributed by atoms with Crippen molar-refractivity contribution >= 4 is 17.1 Å². The summed E-state index contributed by atoms with van der Waals surface area (Å²) in [6.45, 7) is 3.94. The minimum Gasteiger partial charge on any atom is -0.497 e. The van der Waals surface area contributed by atoms with Crippen LogP contribution in [0.5, 0.6) is 5.75 Å². The fourth-order valence-electron chi connectivity index (χ4n) is 1.94. The Morgan fingerprint density at radius 3 is 2.65 bits per heavy atom. The predicted octanol–water partition coefficient (Wildman–Crippen LogP) is 3.86. The van der Waals surface area contributed by atoms with Gasteiger partial charge < -0.3 is 4.74 Å². The molecule has 1 unspecified atom stereocenters. The molecular weight excluding hydrogens is 270 g/mol. The Balaban J connectivity index is 2.37. The number of carbonyl (C=O) groups is 1. The molecule has 3 nitrogen and oxygen atoms in total. The first-order valence-electron chi connectivity index (χ1n) is 6.21. The van der Waals surface area contributed by atoms with Crippen molar-refractivity contribution in [3.05, 3.63) is 51.2 Å². The first-order valence-corrected chi connectivity index (χ1v) is 7.03. The van der Waals surface area contributed by atoms with E-state index in [0.717, 1.165) is 10.4 Å². The van der Waals surface area contributed by atoms with E-state index in [9.17, 15) is 10.1 Å². The number of rotatable bonds is 4. The normalized spacial score (nSPS) is 11.7. The smallest absolute Gasteiger partial charge is 0.194 e. The number of ketones is 1. The van der Waals surface area contributed by atoms with E-state index in [0.29, 0.717) is 16.2 Å². The summed E-state index contributed by atoms with van der Waals surface area (Å²) < 4.78 is 5.14. The van der Waals surface area contributed by atoms with Gasteiger partial charge in [0.15, 0.2) is 5.78 Å². The summed E-state index contributed by atoms with van der Waals surface area (Å²) in [6.07, 6.45) is 0. The lowest BCUT2D eigenvalue weighted by atomic mass is 9.95. The van der Waals surface area contributed by atoms with E-state index in [2.05, 4.69) is 6.07 Å². The number of hydrogen-bond acceptors (Lipinski definition) is 4. The molecule has 0 spiro atoms. The van der Waals surface area contributed by atoms with E-state index in [1.54, 1.807) is 31.4 Å². The van der Waals surface area contributed by atoms with Gasteiger partial charge in [0, 0.05) is 4.88 Å². The topological polar surface area (TPSA) is 50.1 Å². The highest BCUT2D eigenvalue weighted by atomic mass is 32.1. The van der Waals surface area contributed by atoms with Gasteiger partial charge in [0.1, 0.15) is 11.7 Å². The van der Waals surface area contributed by atoms with E-state index in [1.807, 2.05) is 19.9 Å². The van der Waals surface area contributed by atoms with Gasteiger partial charge in [-0.3, -0.25) is 4.79 Å².